The summed E-state index contributed by atoms with van der Waals surface area (Å²) >= 11 is 0. The van der Waals surface area contributed by atoms with Crippen LogP contribution in [0.15, 0.2) is 31.1 Å². The van der Waals surface area contributed by atoms with Crippen molar-refractivity contribution in [3.05, 3.63) is 36.9 Å². The number of amides is 1. The number of ether oxygens (including phenoxy) is 1. The van der Waals surface area contributed by atoms with Gasteiger partial charge in [0.25, 0.3) is 0 Å². The molecule has 3 aromatic rings. The highest BCUT2D eigenvalue weighted by molar-refractivity contribution is 5.82. The van der Waals surface area contributed by atoms with E-state index in [1.165, 1.54) is 6.33 Å². The fourth-order valence-electron chi connectivity index (χ4n) is 3.60. The van der Waals surface area contributed by atoms with E-state index in [1.807, 2.05) is 20.8 Å². The molecule has 4 heterocycles. The minimum atomic E-state index is -0.546. The van der Waals surface area contributed by atoms with Gasteiger partial charge in [0.15, 0.2) is 11.5 Å². The lowest BCUT2D eigenvalue weighted by Crippen LogP contribution is -2.40. The minimum Gasteiger partial charge on any atom is -0.444 e. The summed E-state index contributed by atoms with van der Waals surface area (Å²) in [6, 6.07) is 1.80. The second-order valence-electron chi connectivity index (χ2n) is 8.41. The molecular formula is C20H26N8O2. The molecule has 0 bridgehead atoms. The second-order valence-corrected chi connectivity index (χ2v) is 8.41. The zero-order chi connectivity index (χ0) is 21.1. The second kappa shape index (κ2) is 8.21. The Bertz CT molecular complexity index is 1000. The molecule has 1 amide bonds. The van der Waals surface area contributed by atoms with Crippen molar-refractivity contribution in [2.75, 3.05) is 31.1 Å². The maximum Gasteiger partial charge on any atom is 0.410 e. The van der Waals surface area contributed by atoms with Gasteiger partial charge in [-0.15, -0.1) is 0 Å². The molecule has 0 saturated carbocycles. The molecule has 1 N–H and O–H groups in total. The molecular weight excluding hydrogens is 384 g/mol. The lowest BCUT2D eigenvalue weighted by atomic mass is 10.0. The molecule has 3 aromatic heterocycles. The molecule has 0 radical (unpaired) electrons. The number of carbonyl (C=O) groups is 1. The number of nitrogens with zero attached hydrogens (tertiary/aromatic N) is 7. The normalized spacial score (nSPS) is 17.8. The van der Waals surface area contributed by atoms with Crippen LogP contribution >= 0.6 is 0 Å². The molecule has 1 aliphatic rings. The van der Waals surface area contributed by atoms with Crippen LogP contribution in [-0.2, 0) is 11.2 Å². The molecule has 30 heavy (non-hydrogen) atoms. The third-order valence-corrected chi connectivity index (χ3v) is 4.84. The van der Waals surface area contributed by atoms with Gasteiger partial charge in [-0.3, -0.25) is 0 Å². The van der Waals surface area contributed by atoms with Gasteiger partial charge in [0.05, 0.1) is 6.33 Å². The van der Waals surface area contributed by atoms with Gasteiger partial charge in [-0.1, -0.05) is 0 Å². The van der Waals surface area contributed by atoms with Crippen LogP contribution in [0.5, 0.6) is 0 Å². The van der Waals surface area contributed by atoms with E-state index in [0.717, 1.165) is 17.2 Å². The highest BCUT2D eigenvalue weighted by Gasteiger charge is 2.30. The number of rotatable bonds is 3. The number of imidazole rings is 1. The molecule has 158 valence electrons. The molecule has 4 rings (SSSR count). The van der Waals surface area contributed by atoms with Gasteiger partial charge >= 0.3 is 6.09 Å². The van der Waals surface area contributed by atoms with E-state index in [0.29, 0.717) is 38.2 Å². The quantitative estimate of drug-likeness (QED) is 0.698. The first-order valence-electron chi connectivity index (χ1n) is 10.0. The Labute approximate surface area is 174 Å². The van der Waals surface area contributed by atoms with Crippen molar-refractivity contribution in [2.45, 2.75) is 32.8 Å². The zero-order valence-corrected chi connectivity index (χ0v) is 17.4. The number of carbonyl (C=O) groups excluding carboxylic acids is 1. The molecule has 0 spiro atoms. The Balaban J connectivity index is 1.60. The Hall–Kier alpha value is -3.30. The average Bonchev–Trinajstić information content (AvgIpc) is 3.08. The summed E-state index contributed by atoms with van der Waals surface area (Å²) in [5, 5.41) is 0. The van der Waals surface area contributed by atoms with Gasteiger partial charge in [0.1, 0.15) is 23.3 Å². The number of H-pyrrole nitrogens is 1. The number of fused-ring (bicyclic) bond motifs is 1. The summed E-state index contributed by atoms with van der Waals surface area (Å²) in [6.07, 6.45) is 6.95. The van der Waals surface area contributed by atoms with Crippen LogP contribution in [0.4, 0.5) is 10.6 Å². The van der Waals surface area contributed by atoms with E-state index in [9.17, 15) is 4.79 Å². The molecule has 1 aliphatic heterocycles. The van der Waals surface area contributed by atoms with Crippen molar-refractivity contribution in [3.63, 3.8) is 0 Å². The fourth-order valence-corrected chi connectivity index (χ4v) is 3.60. The molecule has 0 aliphatic carbocycles. The Kier molecular flexibility index (Phi) is 5.47. The maximum atomic E-state index is 12.8. The number of aromatic nitrogens is 6. The molecule has 10 heteroatoms. The molecule has 1 atom stereocenters. The van der Waals surface area contributed by atoms with Gasteiger partial charge in [0, 0.05) is 50.9 Å². The monoisotopic (exact) mass is 410 g/mol. The first-order valence-corrected chi connectivity index (χ1v) is 10.0. The van der Waals surface area contributed by atoms with Crippen LogP contribution in [0.2, 0.25) is 0 Å². The third-order valence-electron chi connectivity index (χ3n) is 4.84. The van der Waals surface area contributed by atoms with E-state index in [-0.39, 0.29) is 12.0 Å². The van der Waals surface area contributed by atoms with Gasteiger partial charge in [-0.2, -0.15) is 0 Å². The van der Waals surface area contributed by atoms with Crippen molar-refractivity contribution < 1.29 is 9.53 Å². The van der Waals surface area contributed by atoms with E-state index in [1.54, 1.807) is 29.7 Å². The number of anilines is 1. The van der Waals surface area contributed by atoms with Crippen molar-refractivity contribution in [1.29, 1.82) is 0 Å². The summed E-state index contributed by atoms with van der Waals surface area (Å²) in [5.41, 5.74) is 0.865. The molecule has 0 aromatic carbocycles. The Morgan fingerprint density at radius 1 is 1.13 bits per heavy atom. The summed E-state index contributed by atoms with van der Waals surface area (Å²) in [4.78, 5) is 41.5. The summed E-state index contributed by atoms with van der Waals surface area (Å²) in [6.45, 7) is 8.03. The van der Waals surface area contributed by atoms with Crippen molar-refractivity contribution in [3.8, 4) is 0 Å². The summed E-state index contributed by atoms with van der Waals surface area (Å²) < 4.78 is 5.63. The summed E-state index contributed by atoms with van der Waals surface area (Å²) in [5.74, 6) is 1.64. The fraction of sp³-hybridized carbons (Fsp3) is 0.500. The smallest absolute Gasteiger partial charge is 0.410 e. The molecule has 1 fully saturated rings. The number of hydrogen-bond donors (Lipinski definition) is 1. The summed E-state index contributed by atoms with van der Waals surface area (Å²) in [7, 11) is 0. The third kappa shape index (κ3) is 4.64. The predicted octanol–water partition coefficient (Wildman–Crippen LogP) is 2.06. The van der Waals surface area contributed by atoms with Crippen LogP contribution in [0.3, 0.4) is 0 Å². The Morgan fingerprint density at radius 3 is 2.70 bits per heavy atom. The van der Waals surface area contributed by atoms with Crippen LogP contribution < -0.4 is 4.90 Å². The lowest BCUT2D eigenvalue weighted by molar-refractivity contribution is 0.0241. The minimum absolute atomic E-state index is 0.107. The SMILES string of the molecule is CC(C)(C)OC(=O)N1CCN(c2ncnc3nc[nH]c23)CC(Cc2ncccn2)C1. The van der Waals surface area contributed by atoms with Gasteiger partial charge in [-0.05, 0) is 26.8 Å². The molecule has 1 saturated heterocycles. The Morgan fingerprint density at radius 2 is 1.93 bits per heavy atom. The van der Waals surface area contributed by atoms with E-state index in [4.69, 9.17) is 4.74 Å². The number of aromatic amines is 1. The lowest BCUT2D eigenvalue weighted by Gasteiger charge is -2.27. The topological polar surface area (TPSA) is 113 Å². The van der Waals surface area contributed by atoms with Crippen molar-refractivity contribution in [2.24, 2.45) is 5.92 Å². The molecule has 1 unspecified atom stereocenters. The van der Waals surface area contributed by atoms with E-state index >= 15 is 0 Å². The number of hydrogen-bond acceptors (Lipinski definition) is 8. The van der Waals surface area contributed by atoms with Gasteiger partial charge < -0.3 is 19.5 Å². The standard InChI is InChI=1S/C20H26N8O2/c1-20(2,3)30-19(29)28-8-7-27(18-16-17(24-12-23-16)25-13-26-18)10-14(11-28)9-15-21-5-4-6-22-15/h4-6,12-14H,7-11H2,1-3H3,(H,23,24,25,26). The largest absolute Gasteiger partial charge is 0.444 e. The predicted molar refractivity (Wildman–Crippen MR) is 111 cm³/mol. The van der Waals surface area contributed by atoms with E-state index < -0.39 is 5.60 Å². The number of nitrogens with one attached hydrogen (secondary N) is 1. The van der Waals surface area contributed by atoms with Crippen LogP contribution in [0, 0.1) is 5.92 Å². The maximum absolute atomic E-state index is 12.8. The molecule has 10 nitrogen and oxygen atoms in total. The van der Waals surface area contributed by atoms with E-state index in [2.05, 4.69) is 34.8 Å². The van der Waals surface area contributed by atoms with Gasteiger partial charge in [-0.25, -0.2) is 29.7 Å². The van der Waals surface area contributed by atoms with Crippen molar-refractivity contribution >= 4 is 23.1 Å². The van der Waals surface area contributed by atoms with Crippen LogP contribution in [-0.4, -0.2) is 72.7 Å². The highest BCUT2D eigenvalue weighted by atomic mass is 16.6. The first-order chi connectivity index (χ1) is 14.4. The first kappa shape index (κ1) is 20.0. The van der Waals surface area contributed by atoms with Crippen LogP contribution in [0.1, 0.15) is 26.6 Å². The van der Waals surface area contributed by atoms with Crippen molar-refractivity contribution in [1.82, 2.24) is 34.8 Å². The zero-order valence-electron chi connectivity index (χ0n) is 17.4. The highest BCUT2D eigenvalue weighted by Crippen LogP contribution is 2.24. The van der Waals surface area contributed by atoms with Gasteiger partial charge in [0.2, 0.25) is 0 Å². The van der Waals surface area contributed by atoms with Crippen LogP contribution in [0.25, 0.3) is 11.2 Å². The average molecular weight is 410 g/mol.